The number of aromatic nitrogens is 1. The first-order valence-corrected chi connectivity index (χ1v) is 11.6. The van der Waals surface area contributed by atoms with Gasteiger partial charge in [0.1, 0.15) is 26.6 Å². The summed E-state index contributed by atoms with van der Waals surface area (Å²) in [6, 6.07) is 11.4. The largest absolute Gasteiger partial charge is 0.495 e. The number of thiophene rings is 1. The highest BCUT2D eigenvalue weighted by atomic mass is 35.5. The SMILES string of the molecule is COc1ccc(OC)c2sc(N(CCN(C)C)C(=O)c3sc4ccccc4c3Cl)nc12. The van der Waals surface area contributed by atoms with E-state index in [4.69, 9.17) is 26.1 Å². The van der Waals surface area contributed by atoms with Crippen molar-refractivity contribution in [3.05, 3.63) is 46.3 Å². The highest BCUT2D eigenvalue weighted by Crippen LogP contribution is 2.42. The molecule has 0 atom stereocenters. The minimum atomic E-state index is -0.162. The molecule has 0 saturated heterocycles. The van der Waals surface area contributed by atoms with Gasteiger partial charge in [0.15, 0.2) is 5.13 Å². The molecule has 4 aromatic rings. The molecule has 2 aromatic carbocycles. The van der Waals surface area contributed by atoms with Crippen LogP contribution in [0.3, 0.4) is 0 Å². The van der Waals surface area contributed by atoms with Crippen LogP contribution in [0.15, 0.2) is 36.4 Å². The van der Waals surface area contributed by atoms with Crippen molar-refractivity contribution in [2.75, 3.05) is 46.3 Å². The number of anilines is 1. The van der Waals surface area contributed by atoms with Crippen LogP contribution in [-0.4, -0.2) is 57.2 Å². The van der Waals surface area contributed by atoms with Crippen LogP contribution in [-0.2, 0) is 0 Å². The molecule has 0 fully saturated rings. The first-order valence-electron chi connectivity index (χ1n) is 9.59. The molecule has 0 unspecified atom stereocenters. The summed E-state index contributed by atoms with van der Waals surface area (Å²) in [5.74, 6) is 1.17. The predicted octanol–water partition coefficient (Wildman–Crippen LogP) is 5.39. The predicted molar refractivity (Wildman–Crippen MR) is 130 cm³/mol. The molecule has 9 heteroatoms. The third-order valence-corrected chi connectivity index (χ3v) is 7.63. The van der Waals surface area contributed by atoms with Crippen LogP contribution in [0, 0.1) is 0 Å². The molecule has 0 aliphatic carbocycles. The van der Waals surface area contributed by atoms with E-state index < -0.39 is 0 Å². The lowest BCUT2D eigenvalue weighted by molar-refractivity contribution is 0.0989. The van der Waals surface area contributed by atoms with Crippen LogP contribution in [0.4, 0.5) is 5.13 Å². The molecule has 0 aliphatic rings. The number of methoxy groups -OCH3 is 2. The quantitative estimate of drug-likeness (QED) is 0.358. The second-order valence-corrected chi connectivity index (χ2v) is 9.55. The van der Waals surface area contributed by atoms with Gasteiger partial charge in [-0.1, -0.05) is 41.1 Å². The highest BCUT2D eigenvalue weighted by Gasteiger charge is 2.27. The molecule has 0 aliphatic heterocycles. The summed E-state index contributed by atoms with van der Waals surface area (Å²) >= 11 is 9.42. The van der Waals surface area contributed by atoms with E-state index in [0.717, 1.165) is 14.8 Å². The maximum atomic E-state index is 13.7. The van der Waals surface area contributed by atoms with Gasteiger partial charge in [0.05, 0.1) is 19.2 Å². The Balaban J connectivity index is 1.83. The van der Waals surface area contributed by atoms with Crippen LogP contribution in [0.5, 0.6) is 11.5 Å². The standard InChI is InChI=1S/C22H22ClN3O3S2/c1-25(2)11-12-26(21(27)20-17(23)13-7-5-6-8-16(13)30-20)22-24-18-14(28-3)9-10-15(29-4)19(18)31-22/h5-10H,11-12H2,1-4H3. The number of benzene rings is 2. The fraction of sp³-hybridized carbons (Fsp3) is 0.273. The van der Waals surface area contributed by atoms with Crippen molar-refractivity contribution < 1.29 is 14.3 Å². The molecule has 162 valence electrons. The van der Waals surface area contributed by atoms with Crippen LogP contribution in [0.25, 0.3) is 20.3 Å². The van der Waals surface area contributed by atoms with E-state index in [0.29, 0.717) is 45.1 Å². The van der Waals surface area contributed by atoms with Crippen molar-refractivity contribution in [3.8, 4) is 11.5 Å². The van der Waals surface area contributed by atoms with E-state index in [1.165, 1.54) is 22.7 Å². The molecular formula is C22H22ClN3O3S2. The highest BCUT2D eigenvalue weighted by molar-refractivity contribution is 7.23. The molecular weight excluding hydrogens is 454 g/mol. The van der Waals surface area contributed by atoms with E-state index >= 15 is 0 Å². The number of hydrogen-bond donors (Lipinski definition) is 0. The van der Waals surface area contributed by atoms with Crippen molar-refractivity contribution in [2.24, 2.45) is 0 Å². The molecule has 6 nitrogen and oxygen atoms in total. The monoisotopic (exact) mass is 475 g/mol. The number of hydrogen-bond acceptors (Lipinski definition) is 7. The molecule has 0 radical (unpaired) electrons. The van der Waals surface area contributed by atoms with Crippen LogP contribution in [0.2, 0.25) is 5.02 Å². The van der Waals surface area contributed by atoms with Crippen molar-refractivity contribution >= 4 is 65.6 Å². The van der Waals surface area contributed by atoms with Gasteiger partial charge in [0, 0.05) is 23.2 Å². The lowest BCUT2D eigenvalue weighted by Crippen LogP contribution is -2.36. The molecule has 0 spiro atoms. The minimum Gasteiger partial charge on any atom is -0.495 e. The number of fused-ring (bicyclic) bond motifs is 2. The maximum Gasteiger partial charge on any atom is 0.271 e. The number of carbonyl (C=O) groups excluding carboxylic acids is 1. The smallest absolute Gasteiger partial charge is 0.271 e. The average Bonchev–Trinajstić information content (AvgIpc) is 3.35. The van der Waals surface area contributed by atoms with Crippen LogP contribution >= 0.6 is 34.3 Å². The number of nitrogens with zero attached hydrogens (tertiary/aromatic N) is 3. The first-order chi connectivity index (χ1) is 14.9. The molecule has 2 aromatic heterocycles. The molecule has 0 saturated carbocycles. The van der Waals surface area contributed by atoms with E-state index in [2.05, 4.69) is 0 Å². The summed E-state index contributed by atoms with van der Waals surface area (Å²) in [6.45, 7) is 1.15. The molecule has 2 heterocycles. The van der Waals surface area contributed by atoms with E-state index in [-0.39, 0.29) is 5.91 Å². The number of halogens is 1. The van der Waals surface area contributed by atoms with Gasteiger partial charge < -0.3 is 14.4 Å². The van der Waals surface area contributed by atoms with Gasteiger partial charge in [-0.15, -0.1) is 11.3 Å². The van der Waals surface area contributed by atoms with Crippen LogP contribution in [0.1, 0.15) is 9.67 Å². The third-order valence-electron chi connectivity index (χ3n) is 4.87. The summed E-state index contributed by atoms with van der Waals surface area (Å²) < 4.78 is 12.8. The Morgan fingerprint density at radius 2 is 1.74 bits per heavy atom. The van der Waals surface area contributed by atoms with Gasteiger partial charge in [0.25, 0.3) is 5.91 Å². The number of rotatable bonds is 7. The number of ether oxygens (including phenoxy) is 2. The molecule has 4 rings (SSSR count). The number of amides is 1. The Labute approximate surface area is 193 Å². The zero-order valence-electron chi connectivity index (χ0n) is 17.6. The third kappa shape index (κ3) is 4.08. The second kappa shape index (κ2) is 9.00. The van der Waals surface area contributed by atoms with Crippen molar-refractivity contribution in [1.29, 1.82) is 0 Å². The molecule has 31 heavy (non-hydrogen) atoms. The van der Waals surface area contributed by atoms with Crippen molar-refractivity contribution in [2.45, 2.75) is 0 Å². The van der Waals surface area contributed by atoms with Gasteiger partial charge in [-0.05, 0) is 32.3 Å². The fourth-order valence-electron chi connectivity index (χ4n) is 3.25. The lowest BCUT2D eigenvalue weighted by atomic mass is 10.2. The Kier molecular flexibility index (Phi) is 6.34. The Bertz CT molecular complexity index is 1210. The molecule has 0 N–H and O–H groups in total. The Hall–Kier alpha value is -2.39. The number of thiazole rings is 1. The van der Waals surface area contributed by atoms with E-state index in [1.807, 2.05) is 55.4 Å². The van der Waals surface area contributed by atoms with Gasteiger partial charge in [-0.2, -0.15) is 0 Å². The van der Waals surface area contributed by atoms with Gasteiger partial charge in [-0.25, -0.2) is 4.98 Å². The van der Waals surface area contributed by atoms with Crippen molar-refractivity contribution in [3.63, 3.8) is 0 Å². The molecule has 0 bridgehead atoms. The van der Waals surface area contributed by atoms with Crippen LogP contribution < -0.4 is 14.4 Å². The number of carbonyl (C=O) groups is 1. The summed E-state index contributed by atoms with van der Waals surface area (Å²) in [4.78, 5) is 22.7. The Morgan fingerprint density at radius 3 is 2.42 bits per heavy atom. The van der Waals surface area contributed by atoms with Crippen molar-refractivity contribution in [1.82, 2.24) is 9.88 Å². The maximum absolute atomic E-state index is 13.7. The van der Waals surface area contributed by atoms with E-state index in [9.17, 15) is 4.79 Å². The zero-order valence-corrected chi connectivity index (χ0v) is 20.0. The average molecular weight is 476 g/mol. The van der Waals surface area contributed by atoms with E-state index in [1.54, 1.807) is 19.1 Å². The van der Waals surface area contributed by atoms with Gasteiger partial charge >= 0.3 is 0 Å². The Morgan fingerprint density at radius 1 is 1.03 bits per heavy atom. The topological polar surface area (TPSA) is 54.9 Å². The summed E-state index contributed by atoms with van der Waals surface area (Å²) in [7, 11) is 7.16. The second-order valence-electron chi connectivity index (χ2n) is 7.15. The minimum absolute atomic E-state index is 0.162. The number of likely N-dealkylation sites (N-methyl/N-ethyl adjacent to an activating group) is 1. The molecule has 1 amide bonds. The summed E-state index contributed by atoms with van der Waals surface area (Å²) in [5, 5.41) is 1.95. The first kappa shape index (κ1) is 21.8. The summed E-state index contributed by atoms with van der Waals surface area (Å²) in [6.07, 6.45) is 0. The fourth-order valence-corrected chi connectivity index (χ4v) is 5.81. The van der Waals surface area contributed by atoms with Gasteiger partial charge in [-0.3, -0.25) is 9.69 Å². The zero-order chi connectivity index (χ0) is 22.1. The normalized spacial score (nSPS) is 11.4. The van der Waals surface area contributed by atoms with Gasteiger partial charge in [0.2, 0.25) is 0 Å². The lowest BCUT2D eigenvalue weighted by Gasteiger charge is -2.21. The summed E-state index contributed by atoms with van der Waals surface area (Å²) in [5.41, 5.74) is 0.673.